The van der Waals surface area contributed by atoms with Gasteiger partial charge in [0.05, 0.1) is 11.3 Å². The molecule has 3 rings (SSSR count). The molecule has 0 aromatic carbocycles. The van der Waals surface area contributed by atoms with Crippen LogP contribution >= 0.6 is 0 Å². The van der Waals surface area contributed by atoms with E-state index in [1.165, 1.54) is 0 Å². The van der Waals surface area contributed by atoms with Crippen LogP contribution in [-0.4, -0.2) is 20.2 Å². The van der Waals surface area contributed by atoms with Crippen LogP contribution in [0.1, 0.15) is 30.1 Å². The minimum atomic E-state index is -4.68. The minimum absolute atomic E-state index is 0.0803. The molecule has 1 aliphatic rings. The predicted octanol–water partition coefficient (Wildman–Crippen LogP) is 1.93. The van der Waals surface area contributed by atoms with Gasteiger partial charge in [-0.15, -0.1) is 0 Å². The number of nitrogens with zero attached hydrogens (tertiary/aromatic N) is 3. The van der Waals surface area contributed by atoms with Gasteiger partial charge in [0.1, 0.15) is 5.82 Å². The van der Waals surface area contributed by atoms with Gasteiger partial charge in [-0.3, -0.25) is 5.10 Å². The zero-order valence-electron chi connectivity index (χ0n) is 10.2. The summed E-state index contributed by atoms with van der Waals surface area (Å²) in [6, 6.07) is 1.55. The number of H-pyrrole nitrogens is 1. The largest absolute Gasteiger partial charge is 0.434 e. The Labute approximate surface area is 111 Å². The Morgan fingerprint density at radius 2 is 1.90 bits per heavy atom. The lowest BCUT2D eigenvalue weighted by molar-refractivity contribution is -0.140. The maximum Gasteiger partial charge on any atom is 0.434 e. The summed E-state index contributed by atoms with van der Waals surface area (Å²) in [7, 11) is 0. The third kappa shape index (κ3) is 2.15. The van der Waals surface area contributed by atoms with Gasteiger partial charge < -0.3 is 11.5 Å². The van der Waals surface area contributed by atoms with Crippen molar-refractivity contribution in [1.82, 2.24) is 20.2 Å². The summed E-state index contributed by atoms with van der Waals surface area (Å²) in [6.45, 7) is 0. The predicted molar refractivity (Wildman–Crippen MR) is 65.4 cm³/mol. The van der Waals surface area contributed by atoms with Crippen LogP contribution in [0, 0.1) is 0 Å². The normalized spacial score (nSPS) is 15.6. The molecule has 1 fully saturated rings. The van der Waals surface area contributed by atoms with E-state index >= 15 is 0 Å². The lowest BCUT2D eigenvalue weighted by Crippen LogP contribution is -2.15. The van der Waals surface area contributed by atoms with E-state index in [0.717, 1.165) is 18.5 Å². The second-order valence-corrected chi connectivity index (χ2v) is 4.67. The molecule has 0 bridgehead atoms. The van der Waals surface area contributed by atoms with Crippen molar-refractivity contribution in [3.8, 4) is 11.3 Å². The van der Waals surface area contributed by atoms with Crippen molar-refractivity contribution < 1.29 is 13.2 Å². The van der Waals surface area contributed by atoms with E-state index in [0.29, 0.717) is 5.92 Å². The number of alkyl halides is 3. The second kappa shape index (κ2) is 4.09. The van der Waals surface area contributed by atoms with Gasteiger partial charge in [-0.2, -0.15) is 23.3 Å². The summed E-state index contributed by atoms with van der Waals surface area (Å²) in [5.41, 5.74) is 10.2. The molecule has 0 saturated heterocycles. The molecule has 0 amide bonds. The highest BCUT2D eigenvalue weighted by Gasteiger charge is 2.38. The zero-order chi connectivity index (χ0) is 14.5. The molecule has 0 aliphatic heterocycles. The van der Waals surface area contributed by atoms with E-state index in [-0.39, 0.29) is 17.1 Å². The third-order valence-electron chi connectivity index (χ3n) is 3.09. The molecule has 0 radical (unpaired) electrons. The topological polar surface area (TPSA) is 106 Å². The molecule has 6 nitrogen and oxygen atoms in total. The number of aromatic amines is 1. The number of hydrogen-bond acceptors (Lipinski definition) is 5. The van der Waals surface area contributed by atoms with Gasteiger partial charge in [-0.1, -0.05) is 0 Å². The van der Waals surface area contributed by atoms with Crippen LogP contribution < -0.4 is 11.5 Å². The Morgan fingerprint density at radius 1 is 1.20 bits per heavy atom. The smallest absolute Gasteiger partial charge is 0.383 e. The average molecular weight is 284 g/mol. The Kier molecular flexibility index (Phi) is 2.59. The number of nitrogens with two attached hydrogens (primary N) is 2. The van der Waals surface area contributed by atoms with E-state index in [4.69, 9.17) is 11.5 Å². The molecule has 5 N–H and O–H groups in total. The minimum Gasteiger partial charge on any atom is -0.383 e. The summed E-state index contributed by atoms with van der Waals surface area (Å²) in [5.74, 6) is -0.517. The van der Waals surface area contributed by atoms with Crippen LogP contribution in [0.5, 0.6) is 0 Å². The summed E-state index contributed by atoms with van der Waals surface area (Å²) < 4.78 is 39.1. The fourth-order valence-electron chi connectivity index (χ4n) is 2.02. The van der Waals surface area contributed by atoms with Crippen molar-refractivity contribution in [3.63, 3.8) is 0 Å². The van der Waals surface area contributed by atoms with Gasteiger partial charge in [0.2, 0.25) is 5.95 Å². The number of hydrogen-bond donors (Lipinski definition) is 3. The SMILES string of the molecule is Nc1nc(N)c(-c2cc(C3CC3)[nH]n2)c(C(F)(F)F)n1. The Balaban J connectivity index is 2.15. The molecule has 0 spiro atoms. The van der Waals surface area contributed by atoms with Crippen LogP contribution in [0.15, 0.2) is 6.07 Å². The fraction of sp³-hybridized carbons (Fsp3) is 0.364. The summed E-state index contributed by atoms with van der Waals surface area (Å²) >= 11 is 0. The first kappa shape index (κ1) is 12.7. The van der Waals surface area contributed by atoms with E-state index in [2.05, 4.69) is 20.2 Å². The van der Waals surface area contributed by atoms with E-state index in [9.17, 15) is 13.2 Å². The first-order valence-corrected chi connectivity index (χ1v) is 5.92. The van der Waals surface area contributed by atoms with Crippen LogP contribution in [0.2, 0.25) is 0 Å². The number of halogens is 3. The van der Waals surface area contributed by atoms with E-state index in [1.807, 2.05) is 0 Å². The van der Waals surface area contributed by atoms with E-state index < -0.39 is 17.8 Å². The van der Waals surface area contributed by atoms with Crippen molar-refractivity contribution in [3.05, 3.63) is 17.5 Å². The number of nitrogen functional groups attached to an aromatic ring is 2. The standard InChI is InChI=1S/C11H11F3N6/c12-11(13,14)8-7(9(15)18-10(16)17-8)6-3-5(19-20-6)4-1-2-4/h3-4H,1-2H2,(H,19,20)(H4,15,16,17,18). The molecule has 2 aromatic heterocycles. The van der Waals surface area contributed by atoms with Gasteiger partial charge in [-0.05, 0) is 18.9 Å². The van der Waals surface area contributed by atoms with E-state index in [1.54, 1.807) is 6.07 Å². The molecule has 2 heterocycles. The van der Waals surface area contributed by atoms with Crippen molar-refractivity contribution in [2.45, 2.75) is 24.9 Å². The molecule has 1 saturated carbocycles. The first-order valence-electron chi connectivity index (χ1n) is 5.92. The Bertz CT molecular complexity index is 659. The molecule has 9 heteroatoms. The van der Waals surface area contributed by atoms with Crippen molar-refractivity contribution in [2.75, 3.05) is 11.5 Å². The molecular weight excluding hydrogens is 273 g/mol. The molecular formula is C11H11F3N6. The summed E-state index contributed by atoms with van der Waals surface area (Å²) in [4.78, 5) is 6.84. The Hall–Kier alpha value is -2.32. The number of rotatable bonds is 2. The highest BCUT2D eigenvalue weighted by atomic mass is 19.4. The lowest BCUT2D eigenvalue weighted by Gasteiger charge is -2.12. The third-order valence-corrected chi connectivity index (χ3v) is 3.09. The number of aromatic nitrogens is 4. The number of nitrogens with one attached hydrogen (secondary N) is 1. The molecule has 20 heavy (non-hydrogen) atoms. The quantitative estimate of drug-likeness (QED) is 0.781. The van der Waals surface area contributed by atoms with Gasteiger partial charge >= 0.3 is 6.18 Å². The summed E-state index contributed by atoms with van der Waals surface area (Å²) in [5, 5.41) is 6.61. The fourth-order valence-corrected chi connectivity index (χ4v) is 2.02. The van der Waals surface area contributed by atoms with Crippen molar-refractivity contribution in [2.24, 2.45) is 0 Å². The second-order valence-electron chi connectivity index (χ2n) is 4.67. The maximum absolute atomic E-state index is 13.0. The van der Waals surface area contributed by atoms with Gasteiger partial charge in [0.15, 0.2) is 5.69 Å². The molecule has 0 atom stereocenters. The van der Waals surface area contributed by atoms with Crippen LogP contribution in [0.4, 0.5) is 24.9 Å². The van der Waals surface area contributed by atoms with Crippen molar-refractivity contribution >= 4 is 11.8 Å². The number of anilines is 2. The first-order chi connectivity index (χ1) is 9.36. The van der Waals surface area contributed by atoms with Gasteiger partial charge in [-0.25, -0.2) is 4.98 Å². The highest BCUT2D eigenvalue weighted by molar-refractivity contribution is 5.74. The van der Waals surface area contributed by atoms with Crippen LogP contribution in [0.3, 0.4) is 0 Å². The molecule has 2 aromatic rings. The zero-order valence-corrected chi connectivity index (χ0v) is 10.2. The summed E-state index contributed by atoms with van der Waals surface area (Å²) in [6.07, 6.45) is -2.68. The molecule has 0 unspecified atom stereocenters. The van der Waals surface area contributed by atoms with Gasteiger partial charge in [0, 0.05) is 11.6 Å². The van der Waals surface area contributed by atoms with Crippen LogP contribution in [0.25, 0.3) is 11.3 Å². The monoisotopic (exact) mass is 284 g/mol. The maximum atomic E-state index is 13.0. The van der Waals surface area contributed by atoms with Gasteiger partial charge in [0.25, 0.3) is 0 Å². The van der Waals surface area contributed by atoms with Crippen molar-refractivity contribution in [1.29, 1.82) is 0 Å². The van der Waals surface area contributed by atoms with Crippen LogP contribution in [-0.2, 0) is 6.18 Å². The highest BCUT2D eigenvalue weighted by Crippen LogP contribution is 2.42. The average Bonchev–Trinajstić information content (AvgIpc) is 3.07. The lowest BCUT2D eigenvalue weighted by atomic mass is 10.1. The Morgan fingerprint density at radius 3 is 2.50 bits per heavy atom. The molecule has 106 valence electrons. The molecule has 1 aliphatic carbocycles.